The summed E-state index contributed by atoms with van der Waals surface area (Å²) in [5.74, 6) is 0.319. The molecule has 6 heteroatoms. The van der Waals surface area contributed by atoms with Gasteiger partial charge in [0, 0.05) is 25.1 Å². The van der Waals surface area contributed by atoms with Gasteiger partial charge in [-0.25, -0.2) is 0 Å². The van der Waals surface area contributed by atoms with Crippen LogP contribution >= 0.6 is 0 Å². The summed E-state index contributed by atoms with van der Waals surface area (Å²) in [6.45, 7) is 6.84. The maximum atomic E-state index is 13.8. The first-order valence-electron chi connectivity index (χ1n) is 8.05. The lowest BCUT2D eigenvalue weighted by atomic mass is 9.95. The number of anilines is 2. The molecule has 0 aromatic heterocycles. The first-order valence-corrected chi connectivity index (χ1v) is 8.05. The maximum Gasteiger partial charge on any atom is 0.422 e. The number of nitrogens with two attached hydrogens (primary N) is 1. The van der Waals surface area contributed by atoms with Gasteiger partial charge in [0.2, 0.25) is 0 Å². The Balaban J connectivity index is 2.16. The zero-order valence-corrected chi connectivity index (χ0v) is 13.8. The summed E-state index contributed by atoms with van der Waals surface area (Å²) in [6.07, 6.45) is -2.14. The van der Waals surface area contributed by atoms with E-state index in [4.69, 9.17) is 10.5 Å². The zero-order valence-electron chi connectivity index (χ0n) is 13.8. The Morgan fingerprint density at radius 2 is 2.04 bits per heavy atom. The molecule has 0 radical (unpaired) electrons. The van der Waals surface area contributed by atoms with Crippen LogP contribution in [0.3, 0.4) is 0 Å². The molecule has 0 bridgehead atoms. The quantitative estimate of drug-likeness (QED) is 0.784. The van der Waals surface area contributed by atoms with Crippen molar-refractivity contribution in [1.82, 2.24) is 0 Å². The number of hydrogen-bond donors (Lipinski definition) is 1. The number of nitrogen functional groups attached to an aromatic ring is 1. The number of fused-ring (bicyclic) bond motifs is 1. The van der Waals surface area contributed by atoms with Crippen molar-refractivity contribution in [3.63, 3.8) is 0 Å². The van der Waals surface area contributed by atoms with Crippen LogP contribution in [0.1, 0.15) is 44.7 Å². The van der Waals surface area contributed by atoms with Crippen molar-refractivity contribution < 1.29 is 17.9 Å². The first kappa shape index (κ1) is 16.3. The van der Waals surface area contributed by atoms with E-state index in [1.54, 1.807) is 24.8 Å². The van der Waals surface area contributed by atoms with Crippen LogP contribution in [0.25, 0.3) is 0 Å². The molecular formula is C17H23F3N2O. The normalized spacial score (nSPS) is 23.6. The van der Waals surface area contributed by atoms with Crippen LogP contribution in [-0.4, -0.2) is 18.7 Å². The van der Waals surface area contributed by atoms with Crippen molar-refractivity contribution in [2.75, 3.05) is 23.7 Å². The summed E-state index contributed by atoms with van der Waals surface area (Å²) in [5.41, 5.74) is 5.57. The second-order valence-electron chi connectivity index (χ2n) is 7.41. The monoisotopic (exact) mass is 328 g/mol. The van der Waals surface area contributed by atoms with E-state index >= 15 is 0 Å². The smallest absolute Gasteiger partial charge is 0.422 e. The van der Waals surface area contributed by atoms with Gasteiger partial charge in [-0.2, -0.15) is 13.2 Å². The highest BCUT2D eigenvalue weighted by molar-refractivity contribution is 5.78. The predicted molar refractivity (Wildman–Crippen MR) is 84.9 cm³/mol. The van der Waals surface area contributed by atoms with Crippen molar-refractivity contribution in [2.24, 2.45) is 5.92 Å². The van der Waals surface area contributed by atoms with E-state index < -0.39 is 17.3 Å². The summed E-state index contributed by atoms with van der Waals surface area (Å²) in [4.78, 5) is 1.78. The lowest BCUT2D eigenvalue weighted by Crippen LogP contribution is -2.36. The van der Waals surface area contributed by atoms with Crippen LogP contribution in [-0.2, 0) is 12.6 Å². The molecule has 128 valence electrons. The molecule has 2 aliphatic heterocycles. The van der Waals surface area contributed by atoms with Crippen LogP contribution in [0.4, 0.5) is 24.5 Å². The van der Waals surface area contributed by atoms with Crippen LogP contribution in [0.5, 0.6) is 5.75 Å². The van der Waals surface area contributed by atoms with E-state index in [0.717, 1.165) is 12.8 Å². The molecule has 0 saturated carbocycles. The fraction of sp³-hybridized carbons (Fsp3) is 0.647. The molecule has 1 aromatic carbocycles. The van der Waals surface area contributed by atoms with Crippen molar-refractivity contribution in [2.45, 2.75) is 51.8 Å². The van der Waals surface area contributed by atoms with Gasteiger partial charge in [0.1, 0.15) is 16.9 Å². The minimum Gasteiger partial charge on any atom is -0.487 e. The van der Waals surface area contributed by atoms with Gasteiger partial charge < -0.3 is 15.4 Å². The summed E-state index contributed by atoms with van der Waals surface area (Å²) in [5, 5.41) is 0. The van der Waals surface area contributed by atoms with Crippen LogP contribution < -0.4 is 15.4 Å². The highest BCUT2D eigenvalue weighted by Gasteiger charge is 2.45. The number of alkyl halides is 3. The van der Waals surface area contributed by atoms with Crippen LogP contribution in [0.2, 0.25) is 0 Å². The second kappa shape index (κ2) is 5.21. The third-order valence-electron chi connectivity index (χ3n) is 4.61. The summed E-state index contributed by atoms with van der Waals surface area (Å²) in [7, 11) is 0. The van der Waals surface area contributed by atoms with Gasteiger partial charge >= 0.3 is 6.18 Å². The van der Waals surface area contributed by atoms with E-state index in [9.17, 15) is 13.2 Å². The van der Waals surface area contributed by atoms with Crippen molar-refractivity contribution in [3.8, 4) is 5.75 Å². The van der Waals surface area contributed by atoms with Gasteiger partial charge in [0.05, 0.1) is 11.4 Å². The van der Waals surface area contributed by atoms with Crippen molar-refractivity contribution in [3.05, 3.63) is 17.2 Å². The number of halogens is 3. The van der Waals surface area contributed by atoms with E-state index in [1.165, 1.54) is 0 Å². The number of benzene rings is 1. The molecule has 1 saturated heterocycles. The zero-order chi connectivity index (χ0) is 17.0. The van der Waals surface area contributed by atoms with Gasteiger partial charge in [0.25, 0.3) is 0 Å². The number of hydrogen-bond acceptors (Lipinski definition) is 3. The molecule has 1 fully saturated rings. The lowest BCUT2D eigenvalue weighted by Gasteiger charge is -2.35. The number of piperidine rings is 1. The van der Waals surface area contributed by atoms with E-state index in [1.807, 2.05) is 0 Å². The Hall–Kier alpha value is -1.59. The molecule has 2 aliphatic rings. The molecule has 3 nitrogen and oxygen atoms in total. The molecule has 3 rings (SSSR count). The average Bonchev–Trinajstić information content (AvgIpc) is 2.69. The highest BCUT2D eigenvalue weighted by Crippen LogP contribution is 2.52. The lowest BCUT2D eigenvalue weighted by molar-refractivity contribution is -0.138. The standard InChI is InChI=1S/C17H23F3N2O/c1-10-5-4-6-22(9-10)14-12(21)7-11-8-16(2,3)23-15(11)13(14)17(18,19)20/h7,10H,4-6,8-9,21H2,1-3H3/t10-/m1/s1. The molecular weight excluding hydrogens is 305 g/mol. The summed E-state index contributed by atoms with van der Waals surface area (Å²) >= 11 is 0. The van der Waals surface area contributed by atoms with Gasteiger partial charge in [-0.1, -0.05) is 6.92 Å². The van der Waals surface area contributed by atoms with Crippen molar-refractivity contribution >= 4 is 11.4 Å². The Labute approximate surface area is 134 Å². The van der Waals surface area contributed by atoms with Gasteiger partial charge in [-0.3, -0.25) is 0 Å². The molecule has 2 N–H and O–H groups in total. The molecule has 0 spiro atoms. The molecule has 0 unspecified atom stereocenters. The summed E-state index contributed by atoms with van der Waals surface area (Å²) in [6, 6.07) is 1.66. The molecule has 0 amide bonds. The Kier molecular flexibility index (Phi) is 3.69. The van der Waals surface area contributed by atoms with E-state index in [2.05, 4.69) is 6.92 Å². The fourth-order valence-electron chi connectivity index (χ4n) is 3.75. The molecule has 1 atom stereocenters. The van der Waals surface area contributed by atoms with Gasteiger partial charge in [-0.15, -0.1) is 0 Å². The number of nitrogens with zero attached hydrogens (tertiary/aromatic N) is 1. The SMILES string of the molecule is C[C@@H]1CCCN(c2c(N)cc3c(c2C(F)(F)F)OC(C)(C)C3)C1. The summed E-state index contributed by atoms with van der Waals surface area (Å²) < 4.78 is 47.1. The third-order valence-corrected chi connectivity index (χ3v) is 4.61. The van der Waals surface area contributed by atoms with Crippen molar-refractivity contribution in [1.29, 1.82) is 0 Å². The maximum absolute atomic E-state index is 13.8. The van der Waals surface area contributed by atoms with Gasteiger partial charge in [0.15, 0.2) is 0 Å². The predicted octanol–water partition coefficient (Wildman–Crippen LogP) is 4.24. The second-order valence-corrected chi connectivity index (χ2v) is 7.41. The topological polar surface area (TPSA) is 38.5 Å². The largest absolute Gasteiger partial charge is 0.487 e. The van der Waals surface area contributed by atoms with Gasteiger partial charge in [-0.05, 0) is 38.7 Å². The minimum absolute atomic E-state index is 0.0371. The Morgan fingerprint density at radius 3 is 2.65 bits per heavy atom. The minimum atomic E-state index is -4.49. The number of rotatable bonds is 1. The highest BCUT2D eigenvalue weighted by atomic mass is 19.4. The molecule has 23 heavy (non-hydrogen) atoms. The van der Waals surface area contributed by atoms with Crippen LogP contribution in [0.15, 0.2) is 6.07 Å². The van der Waals surface area contributed by atoms with E-state index in [-0.39, 0.29) is 17.1 Å². The molecule has 1 aromatic rings. The fourth-order valence-corrected chi connectivity index (χ4v) is 3.75. The molecule has 0 aliphatic carbocycles. The molecule has 2 heterocycles. The third kappa shape index (κ3) is 2.95. The number of ether oxygens (including phenoxy) is 1. The van der Waals surface area contributed by atoms with Crippen LogP contribution in [0, 0.1) is 5.92 Å². The first-order chi connectivity index (χ1) is 10.6. The Bertz CT molecular complexity index is 625. The Morgan fingerprint density at radius 1 is 1.35 bits per heavy atom. The van der Waals surface area contributed by atoms with E-state index in [0.29, 0.717) is 31.0 Å². The average molecular weight is 328 g/mol.